The highest BCUT2D eigenvalue weighted by atomic mass is 16.5. The molecule has 1 N–H and O–H groups in total. The van der Waals surface area contributed by atoms with Gasteiger partial charge >= 0.3 is 0 Å². The number of para-hydroxylation sites is 1. The molecule has 0 saturated carbocycles. The van der Waals surface area contributed by atoms with Gasteiger partial charge < -0.3 is 15.0 Å². The predicted molar refractivity (Wildman–Crippen MR) is 84.2 cm³/mol. The first-order chi connectivity index (χ1) is 9.67. The van der Waals surface area contributed by atoms with Gasteiger partial charge in [-0.1, -0.05) is 18.2 Å². The molecule has 108 valence electrons. The lowest BCUT2D eigenvalue weighted by Crippen LogP contribution is -2.33. The molecule has 4 nitrogen and oxygen atoms in total. The van der Waals surface area contributed by atoms with Crippen molar-refractivity contribution in [3.63, 3.8) is 0 Å². The van der Waals surface area contributed by atoms with E-state index in [9.17, 15) is 0 Å². The number of nitrogens with zero attached hydrogens (tertiary/aromatic N) is 2. The summed E-state index contributed by atoms with van der Waals surface area (Å²) in [6.45, 7) is 3.66. The molecule has 0 aliphatic heterocycles. The van der Waals surface area contributed by atoms with Crippen molar-refractivity contribution in [2.45, 2.75) is 19.5 Å². The Morgan fingerprint density at radius 1 is 1.35 bits per heavy atom. The van der Waals surface area contributed by atoms with Crippen LogP contribution in [0.3, 0.4) is 0 Å². The van der Waals surface area contributed by atoms with Crippen molar-refractivity contribution in [3.8, 4) is 0 Å². The molecule has 0 fully saturated rings. The van der Waals surface area contributed by atoms with Gasteiger partial charge in [-0.3, -0.25) is 0 Å². The van der Waals surface area contributed by atoms with Crippen molar-refractivity contribution >= 4 is 16.7 Å². The molecule has 1 heterocycles. The zero-order valence-electron chi connectivity index (χ0n) is 12.7. The van der Waals surface area contributed by atoms with E-state index < -0.39 is 0 Å². The Labute approximate surface area is 120 Å². The van der Waals surface area contributed by atoms with E-state index in [-0.39, 0.29) is 6.04 Å². The number of rotatable bonds is 6. The van der Waals surface area contributed by atoms with Crippen molar-refractivity contribution in [3.05, 3.63) is 35.9 Å². The maximum atomic E-state index is 5.23. The van der Waals surface area contributed by atoms with E-state index >= 15 is 0 Å². The largest absolute Gasteiger partial charge is 0.383 e. The molecule has 1 unspecified atom stereocenters. The second-order valence-electron chi connectivity index (χ2n) is 5.10. The molecule has 1 atom stereocenters. The molecule has 0 aliphatic rings. The van der Waals surface area contributed by atoms with Gasteiger partial charge in [-0.15, -0.1) is 0 Å². The third-order valence-corrected chi connectivity index (χ3v) is 3.59. The summed E-state index contributed by atoms with van der Waals surface area (Å²) in [6, 6.07) is 10.7. The average Bonchev–Trinajstić information content (AvgIpc) is 2.47. The quantitative estimate of drug-likeness (QED) is 0.877. The number of aromatic nitrogens is 1. The lowest BCUT2D eigenvalue weighted by Gasteiger charge is -2.26. The molecule has 4 heteroatoms. The van der Waals surface area contributed by atoms with Crippen LogP contribution in [0.2, 0.25) is 0 Å². The Kier molecular flexibility index (Phi) is 4.93. The Balaban J connectivity index is 2.43. The minimum atomic E-state index is 0.288. The van der Waals surface area contributed by atoms with Gasteiger partial charge in [-0.25, -0.2) is 4.98 Å². The van der Waals surface area contributed by atoms with Gasteiger partial charge in [-0.2, -0.15) is 0 Å². The highest BCUT2D eigenvalue weighted by Gasteiger charge is 2.13. The number of anilines is 1. The summed E-state index contributed by atoms with van der Waals surface area (Å²) in [5.41, 5.74) is 2.30. The fourth-order valence-corrected chi connectivity index (χ4v) is 2.33. The second-order valence-corrected chi connectivity index (χ2v) is 5.10. The summed E-state index contributed by atoms with van der Waals surface area (Å²) in [5, 5.41) is 4.43. The third-order valence-electron chi connectivity index (χ3n) is 3.59. The van der Waals surface area contributed by atoms with Gasteiger partial charge in [0.25, 0.3) is 0 Å². The van der Waals surface area contributed by atoms with Gasteiger partial charge in [0, 0.05) is 26.1 Å². The summed E-state index contributed by atoms with van der Waals surface area (Å²) in [6.07, 6.45) is 0. The molecular formula is C16H23N3O. The van der Waals surface area contributed by atoms with E-state index in [1.807, 2.05) is 13.1 Å². The molecule has 0 saturated heterocycles. The molecule has 2 rings (SSSR count). The van der Waals surface area contributed by atoms with E-state index in [1.165, 1.54) is 10.9 Å². The lowest BCUT2D eigenvalue weighted by atomic mass is 10.1. The molecule has 0 spiro atoms. The van der Waals surface area contributed by atoms with E-state index in [1.54, 1.807) is 7.11 Å². The van der Waals surface area contributed by atoms with Gasteiger partial charge in [0.05, 0.1) is 18.2 Å². The van der Waals surface area contributed by atoms with Crippen LogP contribution in [0.15, 0.2) is 30.3 Å². The molecule has 0 bridgehead atoms. The predicted octanol–water partition coefficient (Wildman–Crippen LogP) is 2.43. The third kappa shape index (κ3) is 3.08. The van der Waals surface area contributed by atoms with Crippen LogP contribution in [0.25, 0.3) is 10.9 Å². The summed E-state index contributed by atoms with van der Waals surface area (Å²) in [4.78, 5) is 6.93. The number of methoxy groups -OCH3 is 1. The molecule has 2 aromatic rings. The standard InChI is InChI=1S/C16H23N3O/c1-12(11-20-4)19(3)16-9-13(10-17-2)14-7-5-6-8-15(14)18-16/h5-9,12,17H,10-11H2,1-4H3. The zero-order valence-corrected chi connectivity index (χ0v) is 12.7. The number of benzene rings is 1. The molecule has 1 aromatic carbocycles. The van der Waals surface area contributed by atoms with Gasteiger partial charge in [0.1, 0.15) is 5.82 Å². The van der Waals surface area contributed by atoms with Crippen LogP contribution in [-0.4, -0.2) is 38.8 Å². The Morgan fingerprint density at radius 3 is 2.80 bits per heavy atom. The summed E-state index contributed by atoms with van der Waals surface area (Å²) >= 11 is 0. The number of fused-ring (bicyclic) bond motifs is 1. The maximum absolute atomic E-state index is 5.23. The van der Waals surface area contributed by atoms with Crippen LogP contribution in [0.5, 0.6) is 0 Å². The SMILES string of the molecule is CNCc1cc(N(C)C(C)COC)nc2ccccc12. The zero-order chi connectivity index (χ0) is 14.5. The van der Waals surface area contributed by atoms with E-state index in [0.717, 1.165) is 17.9 Å². The van der Waals surface area contributed by atoms with Crippen LogP contribution in [0.1, 0.15) is 12.5 Å². The molecule has 0 radical (unpaired) electrons. The number of ether oxygens (including phenoxy) is 1. The summed E-state index contributed by atoms with van der Waals surface area (Å²) in [5.74, 6) is 0.985. The van der Waals surface area contributed by atoms with Crippen molar-refractivity contribution in [2.24, 2.45) is 0 Å². The average molecular weight is 273 g/mol. The van der Waals surface area contributed by atoms with Crippen LogP contribution >= 0.6 is 0 Å². The van der Waals surface area contributed by atoms with Crippen molar-refractivity contribution < 1.29 is 4.74 Å². The van der Waals surface area contributed by atoms with Crippen molar-refractivity contribution in [1.82, 2.24) is 10.3 Å². The normalized spacial score (nSPS) is 12.6. The smallest absolute Gasteiger partial charge is 0.129 e. The van der Waals surface area contributed by atoms with E-state index in [0.29, 0.717) is 6.61 Å². The monoisotopic (exact) mass is 273 g/mol. The second kappa shape index (κ2) is 6.68. The van der Waals surface area contributed by atoms with E-state index in [4.69, 9.17) is 9.72 Å². The van der Waals surface area contributed by atoms with Gasteiger partial charge in [0.15, 0.2) is 0 Å². The number of pyridine rings is 1. The molecule has 0 aliphatic carbocycles. The molecule has 1 aromatic heterocycles. The number of hydrogen-bond acceptors (Lipinski definition) is 4. The highest BCUT2D eigenvalue weighted by Crippen LogP contribution is 2.23. The van der Waals surface area contributed by atoms with E-state index in [2.05, 4.69) is 48.5 Å². The number of hydrogen-bond donors (Lipinski definition) is 1. The topological polar surface area (TPSA) is 37.4 Å². The van der Waals surface area contributed by atoms with Gasteiger partial charge in [-0.05, 0) is 31.7 Å². The van der Waals surface area contributed by atoms with Crippen LogP contribution in [0.4, 0.5) is 5.82 Å². The highest BCUT2D eigenvalue weighted by molar-refractivity contribution is 5.84. The number of nitrogens with one attached hydrogen (secondary N) is 1. The minimum absolute atomic E-state index is 0.288. The van der Waals surface area contributed by atoms with Gasteiger partial charge in [0.2, 0.25) is 0 Å². The minimum Gasteiger partial charge on any atom is -0.383 e. The summed E-state index contributed by atoms with van der Waals surface area (Å²) < 4.78 is 5.23. The van der Waals surface area contributed by atoms with Crippen LogP contribution < -0.4 is 10.2 Å². The Hall–Kier alpha value is -1.65. The Morgan fingerprint density at radius 2 is 2.10 bits per heavy atom. The fraction of sp³-hybridized carbons (Fsp3) is 0.438. The number of likely N-dealkylation sites (N-methyl/N-ethyl adjacent to an activating group) is 1. The van der Waals surface area contributed by atoms with Crippen molar-refractivity contribution in [1.29, 1.82) is 0 Å². The first-order valence-electron chi connectivity index (χ1n) is 6.92. The lowest BCUT2D eigenvalue weighted by molar-refractivity contribution is 0.183. The molecule has 0 amide bonds. The van der Waals surface area contributed by atoms with Crippen LogP contribution in [0, 0.1) is 0 Å². The summed E-state index contributed by atoms with van der Waals surface area (Å²) in [7, 11) is 5.75. The van der Waals surface area contributed by atoms with Crippen LogP contribution in [-0.2, 0) is 11.3 Å². The molecular weight excluding hydrogens is 250 g/mol. The van der Waals surface area contributed by atoms with Crippen molar-refractivity contribution in [2.75, 3.05) is 32.7 Å². The first-order valence-corrected chi connectivity index (χ1v) is 6.92. The fourth-order valence-electron chi connectivity index (χ4n) is 2.33. The first kappa shape index (κ1) is 14.8. The molecule has 20 heavy (non-hydrogen) atoms. The Bertz CT molecular complexity index is 571. The maximum Gasteiger partial charge on any atom is 0.129 e.